The summed E-state index contributed by atoms with van der Waals surface area (Å²) in [5.74, 6) is 0.299. The minimum Gasteiger partial charge on any atom is -0.474 e. The lowest BCUT2D eigenvalue weighted by Crippen LogP contribution is -2.56. The van der Waals surface area contributed by atoms with Gasteiger partial charge in [0.15, 0.2) is 5.82 Å². The molecule has 42 heavy (non-hydrogen) atoms. The van der Waals surface area contributed by atoms with Gasteiger partial charge in [-0.2, -0.15) is 9.97 Å². The van der Waals surface area contributed by atoms with E-state index in [0.29, 0.717) is 95.0 Å². The minimum atomic E-state index is -2.81. The number of aliphatic hydroxyl groups excluding tert-OH is 1. The third-order valence-corrected chi connectivity index (χ3v) is 8.46. The summed E-state index contributed by atoms with van der Waals surface area (Å²) in [6, 6.07) is 8.54. The molecule has 11 nitrogen and oxygen atoms in total. The molecule has 0 spiro atoms. The number of anilines is 1. The van der Waals surface area contributed by atoms with E-state index in [1.807, 2.05) is 4.90 Å². The van der Waals surface area contributed by atoms with E-state index in [4.69, 9.17) is 14.2 Å². The molecule has 3 aromatic rings. The zero-order chi connectivity index (χ0) is 29.1. The van der Waals surface area contributed by atoms with Crippen LogP contribution in [0.4, 0.5) is 14.7 Å². The normalized spacial score (nSPS) is 22.8. The van der Waals surface area contributed by atoms with E-state index in [-0.39, 0.29) is 36.2 Å². The molecular weight excluding hydrogens is 550 g/mol. The van der Waals surface area contributed by atoms with Crippen molar-refractivity contribution in [3.05, 3.63) is 36.2 Å². The summed E-state index contributed by atoms with van der Waals surface area (Å²) in [7, 11) is 0. The van der Waals surface area contributed by atoms with Crippen molar-refractivity contribution in [1.82, 2.24) is 24.8 Å². The number of aromatic nitrogens is 4. The molecule has 0 unspecified atom stereocenters. The molecule has 2 saturated heterocycles. The Kier molecular flexibility index (Phi) is 8.50. The predicted octanol–water partition coefficient (Wildman–Crippen LogP) is 3.19. The summed E-state index contributed by atoms with van der Waals surface area (Å²) >= 11 is 0. The van der Waals surface area contributed by atoms with Crippen LogP contribution in [0.2, 0.25) is 0 Å². The van der Waals surface area contributed by atoms with Crippen molar-refractivity contribution in [3.63, 3.8) is 0 Å². The van der Waals surface area contributed by atoms with Crippen LogP contribution < -0.4 is 15.0 Å². The smallest absolute Gasteiger partial charge is 0.296 e. The van der Waals surface area contributed by atoms with Crippen LogP contribution in [-0.4, -0.2) is 88.3 Å². The largest absolute Gasteiger partial charge is 0.474 e. The maximum atomic E-state index is 14.1. The van der Waals surface area contributed by atoms with Gasteiger partial charge in [0.05, 0.1) is 36.4 Å². The highest BCUT2D eigenvalue weighted by Gasteiger charge is 2.37. The SMILES string of the molecule is O=C(NC1(CO)CCOCC1)C1CCC(Oc2cc(-n3c(C(F)F)nc4ccccc43)nc(N3CCOCC3)n2)CC1. The number of nitrogens with one attached hydrogen (secondary N) is 1. The van der Waals surface area contributed by atoms with Crippen LogP contribution in [0.1, 0.15) is 50.8 Å². The van der Waals surface area contributed by atoms with E-state index in [0.717, 1.165) is 0 Å². The van der Waals surface area contributed by atoms with Gasteiger partial charge in [-0.25, -0.2) is 13.8 Å². The fraction of sp³-hybridized carbons (Fsp3) is 0.586. The summed E-state index contributed by atoms with van der Waals surface area (Å²) in [5, 5.41) is 13.0. The molecule has 1 amide bonds. The quantitative estimate of drug-likeness (QED) is 0.410. The predicted molar refractivity (Wildman–Crippen MR) is 149 cm³/mol. The van der Waals surface area contributed by atoms with Gasteiger partial charge in [0.2, 0.25) is 17.7 Å². The number of rotatable bonds is 8. The molecule has 0 radical (unpaired) electrons. The second-order valence-electron chi connectivity index (χ2n) is 11.2. The number of ether oxygens (including phenoxy) is 3. The number of halogens is 2. The van der Waals surface area contributed by atoms with Gasteiger partial charge >= 0.3 is 0 Å². The van der Waals surface area contributed by atoms with Gasteiger partial charge in [0.1, 0.15) is 11.9 Å². The number of amides is 1. The number of nitrogens with zero attached hydrogens (tertiary/aromatic N) is 5. The number of fused-ring (bicyclic) bond motifs is 1. The average molecular weight is 587 g/mol. The van der Waals surface area contributed by atoms with Crippen molar-refractivity contribution in [2.24, 2.45) is 5.92 Å². The lowest BCUT2D eigenvalue weighted by atomic mass is 9.84. The van der Waals surface area contributed by atoms with Crippen LogP contribution in [-0.2, 0) is 14.3 Å². The number of hydrogen-bond donors (Lipinski definition) is 2. The Bertz CT molecular complexity index is 1380. The minimum absolute atomic E-state index is 0.0464. The van der Waals surface area contributed by atoms with Crippen molar-refractivity contribution >= 4 is 22.9 Å². The lowest BCUT2D eigenvalue weighted by molar-refractivity contribution is -0.130. The molecule has 3 fully saturated rings. The Morgan fingerprint density at radius 2 is 1.76 bits per heavy atom. The zero-order valence-corrected chi connectivity index (χ0v) is 23.4. The van der Waals surface area contributed by atoms with E-state index < -0.39 is 17.8 Å². The number of imidazole rings is 1. The molecule has 6 rings (SSSR count). The fourth-order valence-corrected chi connectivity index (χ4v) is 5.97. The molecule has 2 aliphatic heterocycles. The highest BCUT2D eigenvalue weighted by molar-refractivity contribution is 5.79. The first-order valence-electron chi connectivity index (χ1n) is 14.6. The van der Waals surface area contributed by atoms with Crippen molar-refractivity contribution < 1.29 is 32.9 Å². The molecule has 0 atom stereocenters. The van der Waals surface area contributed by atoms with Crippen LogP contribution in [0.15, 0.2) is 30.3 Å². The monoisotopic (exact) mass is 586 g/mol. The molecule has 226 valence electrons. The summed E-state index contributed by atoms with van der Waals surface area (Å²) in [6.45, 7) is 3.08. The fourth-order valence-electron chi connectivity index (χ4n) is 5.97. The van der Waals surface area contributed by atoms with Gasteiger partial charge in [-0.15, -0.1) is 0 Å². The summed E-state index contributed by atoms with van der Waals surface area (Å²) in [6.07, 6.45) is 0.707. The topological polar surface area (TPSA) is 124 Å². The van der Waals surface area contributed by atoms with E-state index in [1.165, 1.54) is 4.57 Å². The Balaban J connectivity index is 1.22. The van der Waals surface area contributed by atoms with Crippen LogP contribution >= 0.6 is 0 Å². The first-order valence-corrected chi connectivity index (χ1v) is 14.6. The molecule has 3 aliphatic rings. The van der Waals surface area contributed by atoms with Gasteiger partial charge < -0.3 is 29.5 Å². The molecule has 2 N–H and O–H groups in total. The van der Waals surface area contributed by atoms with Crippen molar-refractivity contribution in [1.29, 1.82) is 0 Å². The standard InChI is InChI=1S/C29H36F2N6O5/c30-25(31)26-32-21-3-1-2-4-22(21)37(26)23-17-24(34-28(33-23)36-11-15-41-16-12-36)42-20-7-5-19(6-8-20)27(39)35-29(18-38)9-13-40-14-10-29/h1-4,17,19-20,25,38H,5-16,18H2,(H,35,39). The van der Waals surface area contributed by atoms with E-state index in [1.54, 1.807) is 30.3 Å². The second-order valence-corrected chi connectivity index (χ2v) is 11.2. The molecule has 2 aromatic heterocycles. The third kappa shape index (κ3) is 6.04. The van der Waals surface area contributed by atoms with Gasteiger partial charge in [-0.1, -0.05) is 12.1 Å². The van der Waals surface area contributed by atoms with Crippen LogP contribution in [0.5, 0.6) is 5.88 Å². The molecular formula is C29H36F2N6O5. The Hall–Kier alpha value is -3.42. The third-order valence-electron chi connectivity index (χ3n) is 8.46. The lowest BCUT2D eigenvalue weighted by Gasteiger charge is -2.38. The average Bonchev–Trinajstić information content (AvgIpc) is 3.42. The first-order chi connectivity index (χ1) is 20.4. The van der Waals surface area contributed by atoms with Gasteiger partial charge in [0.25, 0.3) is 6.43 Å². The highest BCUT2D eigenvalue weighted by Crippen LogP contribution is 2.32. The van der Waals surface area contributed by atoms with Gasteiger partial charge in [-0.05, 0) is 50.7 Å². The zero-order valence-electron chi connectivity index (χ0n) is 23.4. The van der Waals surface area contributed by atoms with Gasteiger partial charge in [-0.3, -0.25) is 9.36 Å². The van der Waals surface area contributed by atoms with Crippen molar-refractivity contribution in [2.45, 2.75) is 56.6 Å². The molecule has 0 bridgehead atoms. The highest BCUT2D eigenvalue weighted by atomic mass is 19.3. The van der Waals surface area contributed by atoms with E-state index >= 15 is 0 Å². The number of carbonyl (C=O) groups excluding carboxylic acids is 1. The van der Waals surface area contributed by atoms with Crippen molar-refractivity contribution in [2.75, 3.05) is 51.0 Å². The molecule has 1 saturated carbocycles. The number of alkyl halides is 2. The number of para-hydroxylation sites is 2. The van der Waals surface area contributed by atoms with Crippen LogP contribution in [0.25, 0.3) is 16.9 Å². The molecule has 4 heterocycles. The number of carbonyl (C=O) groups is 1. The molecule has 13 heteroatoms. The Labute approximate surface area is 242 Å². The molecule has 1 aliphatic carbocycles. The van der Waals surface area contributed by atoms with Gasteiger partial charge in [0, 0.05) is 38.3 Å². The number of aliphatic hydroxyl groups is 1. The second kappa shape index (κ2) is 12.4. The van der Waals surface area contributed by atoms with Crippen molar-refractivity contribution in [3.8, 4) is 11.7 Å². The maximum Gasteiger partial charge on any atom is 0.296 e. The Morgan fingerprint density at radius 1 is 1.05 bits per heavy atom. The summed E-state index contributed by atoms with van der Waals surface area (Å²) < 4.78 is 46.9. The van der Waals surface area contributed by atoms with Crippen LogP contribution in [0, 0.1) is 5.92 Å². The van der Waals surface area contributed by atoms with Crippen LogP contribution in [0.3, 0.4) is 0 Å². The number of hydrogen-bond acceptors (Lipinski definition) is 9. The van der Waals surface area contributed by atoms with E-state index in [9.17, 15) is 18.7 Å². The summed E-state index contributed by atoms with van der Waals surface area (Å²) in [5.41, 5.74) is 0.342. The maximum absolute atomic E-state index is 14.1. The Morgan fingerprint density at radius 3 is 2.48 bits per heavy atom. The molecule has 1 aromatic carbocycles. The number of morpholine rings is 1. The van der Waals surface area contributed by atoms with E-state index in [2.05, 4.69) is 20.3 Å². The first kappa shape index (κ1) is 28.7. The number of benzene rings is 1. The summed E-state index contributed by atoms with van der Waals surface area (Å²) in [4.78, 5) is 28.5.